The number of ether oxygens (including phenoxy) is 1. The zero-order valence-corrected chi connectivity index (χ0v) is 11.9. The molecule has 1 aromatic carbocycles. The van der Waals surface area contributed by atoms with Gasteiger partial charge in [-0.05, 0) is 40.0 Å². The Kier molecular flexibility index (Phi) is 5.42. The molecule has 0 aliphatic carbocycles. The van der Waals surface area contributed by atoms with Crippen molar-refractivity contribution in [1.29, 1.82) is 0 Å². The van der Waals surface area contributed by atoms with E-state index in [2.05, 4.69) is 15.9 Å². The normalized spacial score (nSPS) is 11.5. The highest BCUT2D eigenvalue weighted by Gasteiger charge is 2.04. The highest BCUT2D eigenvalue weighted by atomic mass is 79.9. The van der Waals surface area contributed by atoms with Crippen LogP contribution in [-0.4, -0.2) is 32.1 Å². The van der Waals surface area contributed by atoms with Crippen LogP contribution in [0.3, 0.4) is 0 Å². The van der Waals surface area contributed by atoms with Crippen molar-refractivity contribution in [3.05, 3.63) is 28.2 Å². The van der Waals surface area contributed by atoms with Crippen molar-refractivity contribution < 1.29 is 18.3 Å². The second-order valence-corrected chi connectivity index (χ2v) is 6.87. The van der Waals surface area contributed by atoms with Crippen LogP contribution in [0, 0.1) is 0 Å². The summed E-state index contributed by atoms with van der Waals surface area (Å²) >= 11 is 3.33. The first-order chi connectivity index (χ1) is 7.92. The summed E-state index contributed by atoms with van der Waals surface area (Å²) in [6.45, 7) is 0.330. The number of benzene rings is 1. The molecule has 4 nitrogen and oxygen atoms in total. The summed E-state index contributed by atoms with van der Waals surface area (Å²) < 4.78 is 28.0. The Bertz CT molecular complexity index is 470. The van der Waals surface area contributed by atoms with E-state index in [9.17, 15) is 8.42 Å². The summed E-state index contributed by atoms with van der Waals surface area (Å²) in [4.78, 5) is 0. The third-order valence-corrected chi connectivity index (χ3v) is 3.75. The Balaban J connectivity index is 2.47. The third kappa shape index (κ3) is 5.52. The number of sulfone groups is 1. The number of aliphatic hydroxyl groups is 1. The van der Waals surface area contributed by atoms with Crippen molar-refractivity contribution >= 4 is 25.8 Å². The van der Waals surface area contributed by atoms with Crippen LogP contribution in [0.2, 0.25) is 0 Å². The van der Waals surface area contributed by atoms with E-state index in [0.717, 1.165) is 10.0 Å². The molecule has 0 spiro atoms. The van der Waals surface area contributed by atoms with Crippen molar-refractivity contribution in [2.75, 3.05) is 18.6 Å². The zero-order chi connectivity index (χ0) is 12.9. The Morgan fingerprint density at radius 3 is 2.65 bits per heavy atom. The smallest absolute Gasteiger partial charge is 0.147 e. The van der Waals surface area contributed by atoms with Gasteiger partial charge in [0.2, 0.25) is 0 Å². The number of rotatable bonds is 6. The van der Waals surface area contributed by atoms with Crippen LogP contribution in [0.15, 0.2) is 22.7 Å². The summed E-state index contributed by atoms with van der Waals surface area (Å²) in [5, 5.41) is 8.93. The molecule has 0 unspecified atom stereocenters. The minimum absolute atomic E-state index is 0.0209. The topological polar surface area (TPSA) is 63.6 Å². The van der Waals surface area contributed by atoms with Crippen LogP contribution < -0.4 is 4.74 Å². The molecule has 0 bridgehead atoms. The zero-order valence-electron chi connectivity index (χ0n) is 9.52. The first-order valence-corrected chi connectivity index (χ1v) is 7.97. The maximum absolute atomic E-state index is 10.9. The Hall–Kier alpha value is -0.590. The van der Waals surface area contributed by atoms with Crippen LogP contribution in [0.4, 0.5) is 0 Å². The predicted molar refractivity (Wildman–Crippen MR) is 69.9 cm³/mol. The average Bonchev–Trinajstić information content (AvgIpc) is 2.24. The molecule has 6 heteroatoms. The van der Waals surface area contributed by atoms with E-state index in [1.165, 1.54) is 6.26 Å². The van der Waals surface area contributed by atoms with E-state index >= 15 is 0 Å². The monoisotopic (exact) mass is 322 g/mol. The first-order valence-electron chi connectivity index (χ1n) is 5.12. The molecule has 1 N–H and O–H groups in total. The molecule has 1 rings (SSSR count). The van der Waals surface area contributed by atoms with E-state index in [0.29, 0.717) is 18.8 Å². The van der Waals surface area contributed by atoms with Crippen LogP contribution in [-0.2, 0) is 16.4 Å². The van der Waals surface area contributed by atoms with Crippen molar-refractivity contribution in [2.45, 2.75) is 13.0 Å². The lowest BCUT2D eigenvalue weighted by atomic mass is 10.2. The largest absolute Gasteiger partial charge is 0.492 e. The van der Waals surface area contributed by atoms with Crippen molar-refractivity contribution in [3.63, 3.8) is 0 Å². The quantitative estimate of drug-likeness (QED) is 0.810. The summed E-state index contributed by atoms with van der Waals surface area (Å²) in [5.74, 6) is 0.773. The van der Waals surface area contributed by atoms with Gasteiger partial charge in [0.25, 0.3) is 0 Å². The molecule has 0 aliphatic heterocycles. The summed E-state index contributed by atoms with van der Waals surface area (Å²) in [6.07, 6.45) is 1.67. The second-order valence-electron chi connectivity index (χ2n) is 3.75. The van der Waals surface area contributed by atoms with Gasteiger partial charge < -0.3 is 9.84 Å². The van der Waals surface area contributed by atoms with Crippen molar-refractivity contribution in [2.24, 2.45) is 0 Å². The predicted octanol–water partition coefficient (Wildman–Crippen LogP) is 1.75. The number of aliphatic hydroxyl groups excluding tert-OH is 1. The van der Waals surface area contributed by atoms with Crippen LogP contribution in [0.1, 0.15) is 12.0 Å². The molecule has 1 aromatic rings. The van der Waals surface area contributed by atoms with E-state index in [-0.39, 0.29) is 12.4 Å². The summed E-state index contributed by atoms with van der Waals surface area (Å²) in [7, 11) is -2.92. The Morgan fingerprint density at radius 1 is 1.41 bits per heavy atom. The molecule has 17 heavy (non-hydrogen) atoms. The van der Waals surface area contributed by atoms with Gasteiger partial charge in [-0.3, -0.25) is 0 Å². The van der Waals surface area contributed by atoms with Gasteiger partial charge in [0, 0.05) is 6.26 Å². The van der Waals surface area contributed by atoms with E-state index in [4.69, 9.17) is 9.84 Å². The number of halogens is 1. The first kappa shape index (κ1) is 14.5. The van der Waals surface area contributed by atoms with Gasteiger partial charge in [-0.25, -0.2) is 8.42 Å². The Labute approximate surface area is 110 Å². The minimum atomic E-state index is -2.92. The maximum Gasteiger partial charge on any atom is 0.147 e. The fourth-order valence-corrected chi connectivity index (χ4v) is 2.45. The van der Waals surface area contributed by atoms with Gasteiger partial charge in [-0.1, -0.05) is 6.07 Å². The van der Waals surface area contributed by atoms with Crippen molar-refractivity contribution in [3.8, 4) is 5.75 Å². The molecule has 0 saturated carbocycles. The van der Waals surface area contributed by atoms with E-state index in [1.807, 2.05) is 0 Å². The molecule has 0 atom stereocenters. The molecule has 96 valence electrons. The standard InChI is InChI=1S/C11H15BrO4S/c1-17(14,15)6-2-5-16-11-4-3-9(8-13)7-10(11)12/h3-4,7,13H,2,5-6,8H2,1H3. The summed E-state index contributed by atoms with van der Waals surface area (Å²) in [6, 6.07) is 5.28. The molecule has 0 aliphatic rings. The lowest BCUT2D eigenvalue weighted by Crippen LogP contribution is -2.08. The SMILES string of the molecule is CS(=O)(=O)CCCOc1ccc(CO)cc1Br. The molecule has 0 heterocycles. The lowest BCUT2D eigenvalue weighted by Gasteiger charge is -2.08. The van der Waals surface area contributed by atoms with Gasteiger partial charge in [0.05, 0.1) is 23.4 Å². The fourth-order valence-electron chi connectivity index (χ4n) is 1.26. The van der Waals surface area contributed by atoms with Crippen LogP contribution in [0.5, 0.6) is 5.75 Å². The van der Waals surface area contributed by atoms with Crippen molar-refractivity contribution in [1.82, 2.24) is 0 Å². The summed E-state index contributed by atoms with van der Waals surface area (Å²) in [5.41, 5.74) is 0.792. The van der Waals surface area contributed by atoms with Gasteiger partial charge >= 0.3 is 0 Å². The van der Waals surface area contributed by atoms with Gasteiger partial charge in [-0.15, -0.1) is 0 Å². The highest BCUT2D eigenvalue weighted by Crippen LogP contribution is 2.26. The second kappa shape index (κ2) is 6.37. The van der Waals surface area contributed by atoms with Crippen LogP contribution >= 0.6 is 15.9 Å². The molecular formula is C11H15BrO4S. The Morgan fingerprint density at radius 2 is 2.12 bits per heavy atom. The molecule has 0 amide bonds. The van der Waals surface area contributed by atoms with Gasteiger partial charge in [-0.2, -0.15) is 0 Å². The molecular weight excluding hydrogens is 308 g/mol. The molecule has 0 radical (unpaired) electrons. The van der Waals surface area contributed by atoms with E-state index in [1.54, 1.807) is 18.2 Å². The maximum atomic E-state index is 10.9. The van der Waals surface area contributed by atoms with Crippen LogP contribution in [0.25, 0.3) is 0 Å². The average molecular weight is 323 g/mol. The van der Waals surface area contributed by atoms with Gasteiger partial charge in [0.15, 0.2) is 0 Å². The highest BCUT2D eigenvalue weighted by molar-refractivity contribution is 9.10. The minimum Gasteiger partial charge on any atom is -0.492 e. The lowest BCUT2D eigenvalue weighted by molar-refractivity contribution is 0.281. The molecule has 0 aromatic heterocycles. The number of hydrogen-bond acceptors (Lipinski definition) is 4. The molecule has 0 saturated heterocycles. The van der Waals surface area contributed by atoms with E-state index < -0.39 is 9.84 Å². The number of hydrogen-bond donors (Lipinski definition) is 1. The van der Waals surface area contributed by atoms with Gasteiger partial charge in [0.1, 0.15) is 15.6 Å². The molecule has 0 fully saturated rings. The fraction of sp³-hybridized carbons (Fsp3) is 0.455. The third-order valence-electron chi connectivity index (χ3n) is 2.10.